The Morgan fingerprint density at radius 3 is 2.65 bits per heavy atom. The summed E-state index contributed by atoms with van der Waals surface area (Å²) in [6.07, 6.45) is 3.27. The van der Waals surface area contributed by atoms with E-state index in [0.29, 0.717) is 18.9 Å². The first kappa shape index (κ1) is 17.0. The van der Waals surface area contributed by atoms with Gasteiger partial charge in [-0.2, -0.15) is 0 Å². The van der Waals surface area contributed by atoms with E-state index in [9.17, 15) is 9.59 Å². The van der Waals surface area contributed by atoms with Crippen molar-refractivity contribution < 1.29 is 9.59 Å². The largest absolute Gasteiger partial charge is 0.353 e. The van der Waals surface area contributed by atoms with E-state index in [-0.39, 0.29) is 17.9 Å². The van der Waals surface area contributed by atoms with Crippen molar-refractivity contribution in [1.29, 1.82) is 0 Å². The van der Waals surface area contributed by atoms with Crippen LogP contribution in [0.3, 0.4) is 0 Å². The molecule has 2 amide bonds. The first-order chi connectivity index (χ1) is 9.56. The lowest BCUT2D eigenvalue weighted by molar-refractivity contribution is -0.143. The van der Waals surface area contributed by atoms with Crippen LogP contribution >= 0.6 is 0 Å². The first-order valence-corrected chi connectivity index (χ1v) is 7.84. The summed E-state index contributed by atoms with van der Waals surface area (Å²) in [6.45, 7) is 9.22. The van der Waals surface area contributed by atoms with Gasteiger partial charge in [0.05, 0.1) is 0 Å². The van der Waals surface area contributed by atoms with Crippen LogP contribution in [0.4, 0.5) is 0 Å². The van der Waals surface area contributed by atoms with Crippen molar-refractivity contribution >= 4 is 11.8 Å². The molecule has 1 fully saturated rings. The van der Waals surface area contributed by atoms with Crippen LogP contribution in [0.25, 0.3) is 0 Å². The first-order valence-electron chi connectivity index (χ1n) is 7.84. The van der Waals surface area contributed by atoms with E-state index in [2.05, 4.69) is 24.5 Å². The number of nitrogens with one attached hydrogen (secondary N) is 2. The second kappa shape index (κ2) is 8.95. The SMILES string of the molecule is CCNCCNC(=O)C(CC(C)C)N1CCCCC1=O. The fraction of sp³-hybridized carbons (Fsp3) is 0.867. The van der Waals surface area contributed by atoms with Gasteiger partial charge in [0.15, 0.2) is 0 Å². The summed E-state index contributed by atoms with van der Waals surface area (Å²) in [5, 5.41) is 6.12. The molecule has 116 valence electrons. The van der Waals surface area contributed by atoms with E-state index < -0.39 is 0 Å². The average molecular weight is 283 g/mol. The van der Waals surface area contributed by atoms with Crippen LogP contribution in [0.1, 0.15) is 46.5 Å². The minimum absolute atomic E-state index is 0.00754. The van der Waals surface area contributed by atoms with Crippen LogP contribution in [0, 0.1) is 5.92 Å². The Kier molecular flexibility index (Phi) is 7.59. The average Bonchev–Trinajstić information content (AvgIpc) is 2.41. The van der Waals surface area contributed by atoms with Gasteiger partial charge in [0.1, 0.15) is 6.04 Å². The molecule has 5 nitrogen and oxygen atoms in total. The number of likely N-dealkylation sites (tertiary alicyclic amines) is 1. The van der Waals surface area contributed by atoms with Crippen LogP contribution in [0.5, 0.6) is 0 Å². The summed E-state index contributed by atoms with van der Waals surface area (Å²) in [4.78, 5) is 26.2. The maximum absolute atomic E-state index is 12.4. The van der Waals surface area contributed by atoms with Gasteiger partial charge in [-0.3, -0.25) is 9.59 Å². The lowest BCUT2D eigenvalue weighted by Gasteiger charge is -2.34. The van der Waals surface area contributed by atoms with Crippen LogP contribution in [-0.4, -0.2) is 48.9 Å². The molecule has 0 aromatic carbocycles. The molecule has 1 aliphatic rings. The number of piperidine rings is 1. The third kappa shape index (κ3) is 5.49. The van der Waals surface area contributed by atoms with Gasteiger partial charge < -0.3 is 15.5 Å². The van der Waals surface area contributed by atoms with Crippen LogP contribution in [0.15, 0.2) is 0 Å². The molecule has 1 heterocycles. The summed E-state index contributed by atoms with van der Waals surface area (Å²) in [5.74, 6) is 0.518. The van der Waals surface area contributed by atoms with Crippen molar-refractivity contribution in [3.63, 3.8) is 0 Å². The summed E-state index contributed by atoms with van der Waals surface area (Å²) < 4.78 is 0. The number of carbonyl (C=O) groups is 2. The Hall–Kier alpha value is -1.10. The quantitative estimate of drug-likeness (QED) is 0.657. The van der Waals surface area contributed by atoms with Crippen LogP contribution < -0.4 is 10.6 Å². The maximum atomic E-state index is 12.4. The molecular weight excluding hydrogens is 254 g/mol. The second-order valence-corrected chi connectivity index (χ2v) is 5.83. The fourth-order valence-corrected chi connectivity index (χ4v) is 2.55. The molecule has 20 heavy (non-hydrogen) atoms. The topological polar surface area (TPSA) is 61.4 Å². The molecule has 1 aliphatic heterocycles. The fourth-order valence-electron chi connectivity index (χ4n) is 2.55. The molecular formula is C15H29N3O2. The number of hydrogen-bond acceptors (Lipinski definition) is 3. The Balaban J connectivity index is 2.57. The highest BCUT2D eigenvalue weighted by Crippen LogP contribution is 2.18. The van der Waals surface area contributed by atoms with Gasteiger partial charge in [0.2, 0.25) is 11.8 Å². The molecule has 0 aromatic rings. The summed E-state index contributed by atoms with van der Waals surface area (Å²) >= 11 is 0. The van der Waals surface area contributed by atoms with Crippen molar-refractivity contribution in [2.24, 2.45) is 5.92 Å². The summed E-state index contributed by atoms with van der Waals surface area (Å²) in [7, 11) is 0. The molecule has 0 radical (unpaired) electrons. The molecule has 1 rings (SSSR count). The zero-order valence-corrected chi connectivity index (χ0v) is 13.1. The predicted molar refractivity (Wildman–Crippen MR) is 80.4 cm³/mol. The van der Waals surface area contributed by atoms with Gasteiger partial charge in [-0.15, -0.1) is 0 Å². The number of rotatable bonds is 8. The molecule has 0 aliphatic carbocycles. The monoisotopic (exact) mass is 283 g/mol. The Morgan fingerprint density at radius 2 is 2.05 bits per heavy atom. The number of amides is 2. The Morgan fingerprint density at radius 1 is 1.30 bits per heavy atom. The molecule has 0 aromatic heterocycles. The number of likely N-dealkylation sites (N-methyl/N-ethyl adjacent to an activating group) is 1. The third-order valence-corrected chi connectivity index (χ3v) is 3.58. The van der Waals surface area contributed by atoms with Gasteiger partial charge in [-0.05, 0) is 31.7 Å². The minimum atomic E-state index is -0.301. The molecule has 0 saturated carbocycles. The summed E-state index contributed by atoms with van der Waals surface area (Å²) in [5.41, 5.74) is 0. The van der Waals surface area contributed by atoms with Crippen molar-refractivity contribution in [2.45, 2.75) is 52.5 Å². The highest BCUT2D eigenvalue weighted by Gasteiger charge is 2.31. The normalized spacial score (nSPS) is 17.4. The Labute approximate surface area is 122 Å². The smallest absolute Gasteiger partial charge is 0.242 e. The van der Waals surface area contributed by atoms with Crippen molar-refractivity contribution in [1.82, 2.24) is 15.5 Å². The standard InChI is InChI=1S/C15H29N3O2/c1-4-16-8-9-17-15(20)13(11-12(2)3)18-10-6-5-7-14(18)19/h12-13,16H,4-11H2,1-3H3,(H,17,20). The molecule has 0 spiro atoms. The van der Waals surface area contributed by atoms with Gasteiger partial charge in [0, 0.05) is 26.1 Å². The maximum Gasteiger partial charge on any atom is 0.242 e. The molecule has 0 bridgehead atoms. The molecule has 2 N–H and O–H groups in total. The van der Waals surface area contributed by atoms with Gasteiger partial charge >= 0.3 is 0 Å². The van der Waals surface area contributed by atoms with E-state index in [1.807, 2.05) is 6.92 Å². The third-order valence-electron chi connectivity index (χ3n) is 3.58. The minimum Gasteiger partial charge on any atom is -0.353 e. The number of hydrogen-bond donors (Lipinski definition) is 2. The van der Waals surface area contributed by atoms with E-state index in [1.54, 1.807) is 4.90 Å². The highest BCUT2D eigenvalue weighted by molar-refractivity contribution is 5.88. The van der Waals surface area contributed by atoms with Crippen molar-refractivity contribution in [3.05, 3.63) is 0 Å². The molecule has 5 heteroatoms. The highest BCUT2D eigenvalue weighted by atomic mass is 16.2. The lowest BCUT2D eigenvalue weighted by Crippen LogP contribution is -2.52. The van der Waals surface area contributed by atoms with E-state index in [0.717, 1.165) is 38.9 Å². The number of carbonyl (C=O) groups excluding carboxylic acids is 2. The lowest BCUT2D eigenvalue weighted by atomic mass is 9.98. The van der Waals surface area contributed by atoms with E-state index >= 15 is 0 Å². The predicted octanol–water partition coefficient (Wildman–Crippen LogP) is 1.14. The van der Waals surface area contributed by atoms with Crippen molar-refractivity contribution in [3.8, 4) is 0 Å². The molecule has 1 unspecified atom stereocenters. The van der Waals surface area contributed by atoms with Crippen molar-refractivity contribution in [2.75, 3.05) is 26.2 Å². The van der Waals surface area contributed by atoms with Gasteiger partial charge in [-0.1, -0.05) is 20.8 Å². The molecule has 1 saturated heterocycles. The zero-order chi connectivity index (χ0) is 15.0. The van der Waals surface area contributed by atoms with Gasteiger partial charge in [0.25, 0.3) is 0 Å². The van der Waals surface area contributed by atoms with Crippen LogP contribution in [0.2, 0.25) is 0 Å². The molecule has 1 atom stereocenters. The van der Waals surface area contributed by atoms with E-state index in [1.165, 1.54) is 0 Å². The van der Waals surface area contributed by atoms with Gasteiger partial charge in [-0.25, -0.2) is 0 Å². The summed E-state index contributed by atoms with van der Waals surface area (Å²) in [6, 6.07) is -0.301. The second-order valence-electron chi connectivity index (χ2n) is 5.83. The van der Waals surface area contributed by atoms with E-state index in [4.69, 9.17) is 0 Å². The zero-order valence-electron chi connectivity index (χ0n) is 13.1. The number of nitrogens with zero attached hydrogens (tertiary/aromatic N) is 1. The Bertz CT molecular complexity index is 318. The van der Waals surface area contributed by atoms with Crippen LogP contribution in [-0.2, 0) is 9.59 Å².